The van der Waals surface area contributed by atoms with Gasteiger partial charge in [-0.2, -0.15) is 0 Å². The van der Waals surface area contributed by atoms with Crippen LogP contribution in [-0.4, -0.2) is 100 Å². The van der Waals surface area contributed by atoms with E-state index in [1.54, 1.807) is 6.08 Å². The molecule has 0 aromatic heterocycles. The van der Waals surface area contributed by atoms with Crippen molar-refractivity contribution >= 4 is 11.9 Å². The van der Waals surface area contributed by atoms with E-state index in [0.29, 0.717) is 19.4 Å². The molecule has 1 saturated heterocycles. The molecule has 0 aliphatic carbocycles. The molecule has 1 heterocycles. The molecule has 0 radical (unpaired) electrons. The molecule has 0 spiro atoms. The summed E-state index contributed by atoms with van der Waals surface area (Å²) in [6.45, 7) is 4.39. The van der Waals surface area contributed by atoms with Crippen molar-refractivity contribution < 1.29 is 49.3 Å². The smallest absolute Gasteiger partial charge is 0.305 e. The van der Waals surface area contributed by atoms with Crippen molar-refractivity contribution in [2.75, 3.05) is 19.8 Å². The van der Waals surface area contributed by atoms with Crippen molar-refractivity contribution in [3.63, 3.8) is 0 Å². The van der Waals surface area contributed by atoms with Crippen molar-refractivity contribution in [2.24, 2.45) is 0 Å². The van der Waals surface area contributed by atoms with Crippen molar-refractivity contribution in [3.8, 4) is 0 Å². The second-order valence-electron chi connectivity index (χ2n) is 26.4. The maximum Gasteiger partial charge on any atom is 0.305 e. The Morgan fingerprint density at radius 3 is 1.12 bits per heavy atom. The number of nitrogens with one attached hydrogen (secondary N) is 1. The van der Waals surface area contributed by atoms with Crippen molar-refractivity contribution in [1.82, 2.24) is 5.32 Å². The SMILES string of the molecule is CCCCCCCCCCCCCC/C=C/C(O)C(COC1OC(CO)C(O)C(O)C1O)NC(=O)CCCCCCCCCCCCCCCCCCC/C=C\CCCCCCCCCCCCCCOC(=O)CCCCCCCCCCCCC. The largest absolute Gasteiger partial charge is 0.466 e. The first-order valence-electron chi connectivity index (χ1n) is 37.6. The van der Waals surface area contributed by atoms with Crippen LogP contribution in [0.5, 0.6) is 0 Å². The Bertz CT molecular complexity index is 1480. The van der Waals surface area contributed by atoms with Gasteiger partial charge in [0.15, 0.2) is 6.29 Å². The third kappa shape index (κ3) is 52.9. The van der Waals surface area contributed by atoms with Gasteiger partial charge < -0.3 is 45.1 Å². The number of ether oxygens (including phenoxy) is 3. The third-order valence-electron chi connectivity index (χ3n) is 18.1. The second kappa shape index (κ2) is 64.7. The van der Waals surface area contributed by atoms with Crippen LogP contribution in [0.2, 0.25) is 0 Å². The Hall–Kier alpha value is -1.86. The Morgan fingerprint density at radius 2 is 0.744 bits per heavy atom. The van der Waals surface area contributed by atoms with Gasteiger partial charge >= 0.3 is 5.97 Å². The zero-order valence-corrected chi connectivity index (χ0v) is 56.6. The first-order chi connectivity index (χ1) is 42.2. The molecule has 1 aliphatic heterocycles. The molecular formula is C75H143NO10. The molecule has 1 aliphatic rings. The molecule has 508 valence electrons. The molecule has 11 heteroatoms. The van der Waals surface area contributed by atoms with Gasteiger partial charge in [-0.1, -0.05) is 334 Å². The van der Waals surface area contributed by atoms with Gasteiger partial charge in [0.25, 0.3) is 0 Å². The Balaban J connectivity index is 1.95. The van der Waals surface area contributed by atoms with Crippen LogP contribution >= 0.6 is 0 Å². The minimum Gasteiger partial charge on any atom is -0.466 e. The normalized spacial score (nSPS) is 18.0. The van der Waals surface area contributed by atoms with E-state index in [2.05, 4.69) is 31.3 Å². The van der Waals surface area contributed by atoms with Crippen LogP contribution in [0.3, 0.4) is 0 Å². The van der Waals surface area contributed by atoms with E-state index in [1.807, 2.05) is 6.08 Å². The van der Waals surface area contributed by atoms with Gasteiger partial charge in [0, 0.05) is 12.8 Å². The number of unbranched alkanes of at least 4 members (excludes halogenated alkanes) is 51. The maximum atomic E-state index is 13.1. The average molecular weight is 1220 g/mol. The predicted octanol–water partition coefficient (Wildman–Crippen LogP) is 19.6. The number of aliphatic hydroxyl groups is 5. The Labute approximate surface area is 531 Å². The summed E-state index contributed by atoms with van der Waals surface area (Å²) in [6.07, 6.45) is 71.8. The fourth-order valence-corrected chi connectivity index (χ4v) is 12.1. The van der Waals surface area contributed by atoms with Gasteiger partial charge in [-0.15, -0.1) is 0 Å². The van der Waals surface area contributed by atoms with Crippen LogP contribution in [0.25, 0.3) is 0 Å². The summed E-state index contributed by atoms with van der Waals surface area (Å²) in [5.41, 5.74) is 0. The first kappa shape index (κ1) is 82.2. The van der Waals surface area contributed by atoms with Gasteiger partial charge in [-0.3, -0.25) is 9.59 Å². The maximum absolute atomic E-state index is 13.1. The van der Waals surface area contributed by atoms with Crippen molar-refractivity contribution in [1.29, 1.82) is 0 Å². The first-order valence-corrected chi connectivity index (χ1v) is 37.6. The number of rotatable bonds is 67. The molecule has 86 heavy (non-hydrogen) atoms. The van der Waals surface area contributed by atoms with E-state index in [0.717, 1.165) is 51.4 Å². The van der Waals surface area contributed by atoms with Crippen molar-refractivity contribution in [3.05, 3.63) is 24.3 Å². The van der Waals surface area contributed by atoms with E-state index < -0.39 is 49.5 Å². The lowest BCUT2D eigenvalue weighted by molar-refractivity contribution is -0.302. The molecule has 0 bridgehead atoms. The standard InChI is InChI=1S/C75H143NO10/c1-3-5-7-9-11-13-15-16-38-42-45-49-53-57-61-68(78)67(66-85-75-74(83)73(82)72(81)69(65-77)86-75)76-70(79)62-58-54-50-46-43-39-36-34-32-30-28-26-24-22-20-18-17-19-21-23-25-27-29-31-33-35-37-40-44-48-52-56-60-64-84-71(80)63-59-55-51-47-41-14-12-10-8-6-4-2/h21,23,57,61,67-69,72-75,77-78,81-83H,3-20,22,24-56,58-60,62-66H2,1-2H3,(H,76,79)/b23-21-,61-57+. The molecule has 6 N–H and O–H groups in total. The minimum absolute atomic E-state index is 0.0118. The molecule has 0 aromatic carbocycles. The second-order valence-corrected chi connectivity index (χ2v) is 26.4. The van der Waals surface area contributed by atoms with E-state index in [1.165, 1.54) is 302 Å². The molecule has 0 saturated carbocycles. The van der Waals surface area contributed by atoms with Gasteiger partial charge in [0.2, 0.25) is 5.91 Å². The van der Waals surface area contributed by atoms with Crippen LogP contribution in [-0.2, 0) is 23.8 Å². The van der Waals surface area contributed by atoms with Gasteiger partial charge in [-0.05, 0) is 57.8 Å². The molecular weight excluding hydrogens is 1070 g/mol. The zero-order valence-electron chi connectivity index (χ0n) is 56.6. The lowest BCUT2D eigenvalue weighted by Crippen LogP contribution is -2.60. The van der Waals surface area contributed by atoms with E-state index in [-0.39, 0.29) is 18.5 Å². The Morgan fingerprint density at radius 1 is 0.419 bits per heavy atom. The summed E-state index contributed by atoms with van der Waals surface area (Å²) in [6, 6.07) is -0.807. The number of carbonyl (C=O) groups excluding carboxylic acids is 2. The van der Waals surface area contributed by atoms with E-state index in [4.69, 9.17) is 14.2 Å². The van der Waals surface area contributed by atoms with Crippen molar-refractivity contribution in [2.45, 2.75) is 423 Å². The lowest BCUT2D eigenvalue weighted by atomic mass is 9.99. The van der Waals surface area contributed by atoms with Gasteiger partial charge in [-0.25, -0.2) is 0 Å². The van der Waals surface area contributed by atoms with E-state index in [9.17, 15) is 35.1 Å². The van der Waals surface area contributed by atoms with E-state index >= 15 is 0 Å². The molecule has 0 aromatic rings. The van der Waals surface area contributed by atoms with Crippen LogP contribution in [0.4, 0.5) is 0 Å². The monoisotopic (exact) mass is 1220 g/mol. The number of hydrogen-bond donors (Lipinski definition) is 6. The highest BCUT2D eigenvalue weighted by Crippen LogP contribution is 2.24. The molecule has 7 unspecified atom stereocenters. The number of allylic oxidation sites excluding steroid dienone is 3. The molecule has 1 amide bonds. The average Bonchev–Trinajstić information content (AvgIpc) is 3.06. The fraction of sp³-hybridized carbons (Fsp3) is 0.920. The summed E-state index contributed by atoms with van der Waals surface area (Å²) in [5.74, 6) is -0.164. The van der Waals surface area contributed by atoms with Crippen LogP contribution in [0.1, 0.15) is 380 Å². The minimum atomic E-state index is -1.57. The lowest BCUT2D eigenvalue weighted by Gasteiger charge is -2.40. The topological polar surface area (TPSA) is 175 Å². The molecule has 1 rings (SSSR count). The Kier molecular flexibility index (Phi) is 61.8. The summed E-state index contributed by atoms with van der Waals surface area (Å²) in [5, 5.41) is 54.6. The number of amides is 1. The van der Waals surface area contributed by atoms with Crippen LogP contribution in [0, 0.1) is 0 Å². The van der Waals surface area contributed by atoms with Gasteiger partial charge in [0.05, 0.1) is 32.0 Å². The highest BCUT2D eigenvalue weighted by molar-refractivity contribution is 5.76. The molecule has 7 atom stereocenters. The number of aliphatic hydroxyl groups excluding tert-OH is 5. The number of hydrogen-bond acceptors (Lipinski definition) is 10. The highest BCUT2D eigenvalue weighted by atomic mass is 16.7. The summed E-state index contributed by atoms with van der Waals surface area (Å²) < 4.78 is 16.8. The summed E-state index contributed by atoms with van der Waals surface area (Å²) in [4.78, 5) is 25.1. The molecule has 11 nitrogen and oxygen atoms in total. The summed E-state index contributed by atoms with van der Waals surface area (Å²) >= 11 is 0. The summed E-state index contributed by atoms with van der Waals surface area (Å²) in [7, 11) is 0. The predicted molar refractivity (Wildman–Crippen MR) is 361 cm³/mol. The zero-order chi connectivity index (χ0) is 62.3. The van der Waals surface area contributed by atoms with Crippen LogP contribution < -0.4 is 5.32 Å². The molecule has 1 fully saturated rings. The van der Waals surface area contributed by atoms with Gasteiger partial charge in [0.1, 0.15) is 24.4 Å². The fourth-order valence-electron chi connectivity index (χ4n) is 12.1. The quantitative estimate of drug-likeness (QED) is 0.0195. The third-order valence-corrected chi connectivity index (χ3v) is 18.1. The van der Waals surface area contributed by atoms with Crippen LogP contribution in [0.15, 0.2) is 24.3 Å². The number of carbonyl (C=O) groups is 2. The number of esters is 1. The highest BCUT2D eigenvalue weighted by Gasteiger charge is 2.44.